The predicted octanol–water partition coefficient (Wildman–Crippen LogP) is 9.08. The number of benzene rings is 3. The van der Waals surface area contributed by atoms with Crippen LogP contribution in [0.15, 0.2) is 81.7 Å². The van der Waals surface area contributed by atoms with Crippen molar-refractivity contribution in [1.82, 2.24) is 20.0 Å². The van der Waals surface area contributed by atoms with Crippen LogP contribution in [0.1, 0.15) is 49.6 Å². The predicted molar refractivity (Wildman–Crippen MR) is 155 cm³/mol. The third-order valence-corrected chi connectivity index (χ3v) is 8.48. The summed E-state index contributed by atoms with van der Waals surface area (Å²) in [7, 11) is 0. The fourth-order valence-electron chi connectivity index (χ4n) is 5.56. The molecular weight excluding hydrogens is 583 g/mol. The molecular formula is C30H25BrCl2N4O. The van der Waals surface area contributed by atoms with E-state index in [-0.39, 0.29) is 5.41 Å². The molecule has 0 bridgehead atoms. The van der Waals surface area contributed by atoms with Crippen molar-refractivity contribution in [2.75, 3.05) is 0 Å². The number of halogens is 3. The van der Waals surface area contributed by atoms with Crippen molar-refractivity contribution in [3.05, 3.63) is 104 Å². The van der Waals surface area contributed by atoms with E-state index < -0.39 is 0 Å². The number of hydrogen-bond donors (Lipinski definition) is 0. The Morgan fingerprint density at radius 3 is 2.37 bits per heavy atom. The minimum Gasteiger partial charge on any atom is -0.418 e. The van der Waals surface area contributed by atoms with Crippen LogP contribution in [-0.2, 0) is 11.8 Å². The SMILES string of the molecule is CCc1c(-c2nnc(C3(c4ccccc4)CCCC3)o2)nn(-c2ccc(Cl)cc2Cl)c1-c1ccc(Br)cc1. The van der Waals surface area contributed by atoms with Crippen molar-refractivity contribution >= 4 is 39.1 Å². The van der Waals surface area contributed by atoms with Gasteiger partial charge in [-0.15, -0.1) is 10.2 Å². The van der Waals surface area contributed by atoms with Crippen LogP contribution in [0.3, 0.4) is 0 Å². The quantitative estimate of drug-likeness (QED) is 0.193. The van der Waals surface area contributed by atoms with Gasteiger partial charge >= 0.3 is 0 Å². The van der Waals surface area contributed by atoms with Gasteiger partial charge in [0.2, 0.25) is 5.89 Å². The fraction of sp³-hybridized carbons (Fsp3) is 0.233. The molecule has 192 valence electrons. The van der Waals surface area contributed by atoms with E-state index in [4.69, 9.17) is 32.7 Å². The van der Waals surface area contributed by atoms with Crippen molar-refractivity contribution in [2.24, 2.45) is 0 Å². The van der Waals surface area contributed by atoms with Gasteiger partial charge in [-0.3, -0.25) is 0 Å². The molecule has 0 spiro atoms. The Balaban J connectivity index is 1.53. The summed E-state index contributed by atoms with van der Waals surface area (Å²) >= 11 is 16.4. The van der Waals surface area contributed by atoms with Crippen LogP contribution in [0, 0.1) is 0 Å². The third kappa shape index (κ3) is 4.39. The molecule has 1 fully saturated rings. The van der Waals surface area contributed by atoms with Gasteiger partial charge in [-0.05, 0) is 55.2 Å². The summed E-state index contributed by atoms with van der Waals surface area (Å²) in [5.74, 6) is 1.07. The normalized spacial score (nSPS) is 14.7. The van der Waals surface area contributed by atoms with E-state index in [1.165, 1.54) is 5.56 Å². The number of hydrogen-bond acceptors (Lipinski definition) is 4. The summed E-state index contributed by atoms with van der Waals surface area (Å²) in [6.45, 7) is 2.11. The van der Waals surface area contributed by atoms with E-state index in [9.17, 15) is 0 Å². The lowest BCUT2D eigenvalue weighted by Gasteiger charge is -2.25. The van der Waals surface area contributed by atoms with E-state index in [0.29, 0.717) is 33.9 Å². The Morgan fingerprint density at radius 1 is 0.947 bits per heavy atom. The Labute approximate surface area is 239 Å². The molecule has 1 aliphatic carbocycles. The van der Waals surface area contributed by atoms with E-state index in [1.54, 1.807) is 6.07 Å². The fourth-order valence-corrected chi connectivity index (χ4v) is 6.32. The number of rotatable bonds is 6. The van der Waals surface area contributed by atoms with Crippen molar-refractivity contribution < 1.29 is 4.42 Å². The molecule has 1 saturated carbocycles. The van der Waals surface area contributed by atoms with Gasteiger partial charge < -0.3 is 4.42 Å². The van der Waals surface area contributed by atoms with Gasteiger partial charge in [0.1, 0.15) is 0 Å². The van der Waals surface area contributed by atoms with Gasteiger partial charge in [-0.2, -0.15) is 5.10 Å². The summed E-state index contributed by atoms with van der Waals surface area (Å²) in [6, 6.07) is 24.1. The standard InChI is InChI=1S/C30H25BrCl2N4O/c1-2-23-26(28-34-35-29(38-28)30(16-6-7-17-30)20-8-4-3-5-9-20)36-37(25-15-14-22(32)18-24(25)33)27(23)19-10-12-21(31)13-11-19/h3-5,8-15,18H,2,6-7,16-17H2,1H3. The van der Waals surface area contributed by atoms with E-state index in [2.05, 4.69) is 69.4 Å². The third-order valence-electron chi connectivity index (χ3n) is 7.41. The maximum Gasteiger partial charge on any atom is 0.268 e. The smallest absolute Gasteiger partial charge is 0.268 e. The molecule has 1 aliphatic rings. The van der Waals surface area contributed by atoms with Crippen LogP contribution < -0.4 is 0 Å². The lowest BCUT2D eigenvalue weighted by molar-refractivity contribution is 0.379. The zero-order valence-corrected chi connectivity index (χ0v) is 23.9. The molecule has 0 radical (unpaired) electrons. The van der Waals surface area contributed by atoms with Crippen molar-refractivity contribution in [3.63, 3.8) is 0 Å². The Morgan fingerprint density at radius 2 is 1.68 bits per heavy atom. The first-order valence-corrected chi connectivity index (χ1v) is 14.3. The first-order chi connectivity index (χ1) is 18.5. The lowest BCUT2D eigenvalue weighted by Crippen LogP contribution is -2.24. The highest BCUT2D eigenvalue weighted by Gasteiger charge is 2.42. The lowest BCUT2D eigenvalue weighted by atomic mass is 9.79. The second-order valence-electron chi connectivity index (χ2n) is 9.61. The summed E-state index contributed by atoms with van der Waals surface area (Å²) in [4.78, 5) is 0. The summed E-state index contributed by atoms with van der Waals surface area (Å²) < 4.78 is 9.37. The average molecular weight is 608 g/mol. The van der Waals surface area contributed by atoms with E-state index in [0.717, 1.165) is 52.7 Å². The van der Waals surface area contributed by atoms with Gasteiger partial charge in [0, 0.05) is 20.6 Å². The first-order valence-electron chi connectivity index (χ1n) is 12.7. The zero-order chi connectivity index (χ0) is 26.3. The largest absolute Gasteiger partial charge is 0.418 e. The topological polar surface area (TPSA) is 56.7 Å². The van der Waals surface area contributed by atoms with E-state index >= 15 is 0 Å². The van der Waals surface area contributed by atoms with Crippen molar-refractivity contribution in [3.8, 4) is 28.5 Å². The van der Waals surface area contributed by atoms with Crippen LogP contribution in [0.4, 0.5) is 0 Å². The van der Waals surface area contributed by atoms with Crippen LogP contribution in [0.25, 0.3) is 28.5 Å². The highest BCUT2D eigenvalue weighted by atomic mass is 79.9. The van der Waals surface area contributed by atoms with Gasteiger partial charge in [0.15, 0.2) is 5.69 Å². The second kappa shape index (κ2) is 10.3. The van der Waals surface area contributed by atoms with Crippen LogP contribution in [0.5, 0.6) is 0 Å². The first kappa shape index (κ1) is 25.4. The van der Waals surface area contributed by atoms with Crippen LogP contribution in [0.2, 0.25) is 10.0 Å². The second-order valence-corrected chi connectivity index (χ2v) is 11.4. The molecule has 8 heteroatoms. The molecule has 0 aliphatic heterocycles. The van der Waals surface area contributed by atoms with Crippen LogP contribution >= 0.6 is 39.1 Å². The maximum atomic E-state index is 6.67. The summed E-state index contributed by atoms with van der Waals surface area (Å²) in [5, 5.41) is 15.3. The number of aromatic nitrogens is 4. The Hall–Kier alpha value is -2.93. The molecule has 3 aromatic carbocycles. The van der Waals surface area contributed by atoms with Crippen molar-refractivity contribution in [1.29, 1.82) is 0 Å². The molecule has 0 N–H and O–H groups in total. The Bertz CT molecular complexity index is 1590. The molecule has 0 atom stereocenters. The molecule has 5 nitrogen and oxygen atoms in total. The molecule has 5 aromatic rings. The summed E-state index contributed by atoms with van der Waals surface area (Å²) in [5.41, 5.74) is 5.28. The van der Waals surface area contributed by atoms with Gasteiger partial charge in [0.25, 0.3) is 5.89 Å². The van der Waals surface area contributed by atoms with Gasteiger partial charge in [0.05, 0.1) is 21.8 Å². The zero-order valence-electron chi connectivity index (χ0n) is 20.8. The molecule has 0 unspecified atom stereocenters. The van der Waals surface area contributed by atoms with E-state index in [1.807, 2.05) is 35.0 Å². The highest BCUT2D eigenvalue weighted by molar-refractivity contribution is 9.10. The molecule has 38 heavy (non-hydrogen) atoms. The minimum absolute atomic E-state index is 0.268. The van der Waals surface area contributed by atoms with Crippen LogP contribution in [-0.4, -0.2) is 20.0 Å². The molecule has 2 aromatic heterocycles. The maximum absolute atomic E-state index is 6.67. The molecule has 0 saturated heterocycles. The van der Waals surface area contributed by atoms with Crippen molar-refractivity contribution in [2.45, 2.75) is 44.4 Å². The molecule has 6 rings (SSSR count). The number of nitrogens with zero attached hydrogens (tertiary/aromatic N) is 4. The monoisotopic (exact) mass is 606 g/mol. The minimum atomic E-state index is -0.268. The average Bonchev–Trinajstić information content (AvgIpc) is 3.68. The van der Waals surface area contributed by atoms with Gasteiger partial charge in [-0.25, -0.2) is 4.68 Å². The van der Waals surface area contributed by atoms with Gasteiger partial charge in [-0.1, -0.05) is 101 Å². The highest BCUT2D eigenvalue weighted by Crippen LogP contribution is 2.46. The summed E-state index contributed by atoms with van der Waals surface area (Å²) in [6.07, 6.45) is 4.94. The Kier molecular flexibility index (Phi) is 6.89. The molecule has 2 heterocycles. The molecule has 0 amide bonds.